The molecular formula is C16H25NO4. The van der Waals surface area contributed by atoms with E-state index in [0.29, 0.717) is 26.3 Å². The zero-order chi connectivity index (χ0) is 15.7. The Labute approximate surface area is 126 Å². The molecule has 21 heavy (non-hydrogen) atoms. The molecule has 0 aliphatic heterocycles. The van der Waals surface area contributed by atoms with Crippen molar-refractivity contribution in [2.45, 2.75) is 20.3 Å². The van der Waals surface area contributed by atoms with Crippen molar-refractivity contribution >= 4 is 5.91 Å². The summed E-state index contributed by atoms with van der Waals surface area (Å²) in [5, 5.41) is 8.98. The third kappa shape index (κ3) is 6.60. The minimum absolute atomic E-state index is 0.0366. The summed E-state index contributed by atoms with van der Waals surface area (Å²) in [5.74, 6) is 0.747. The van der Waals surface area contributed by atoms with Gasteiger partial charge in [-0.05, 0) is 37.1 Å². The van der Waals surface area contributed by atoms with Gasteiger partial charge in [-0.1, -0.05) is 6.07 Å². The summed E-state index contributed by atoms with van der Waals surface area (Å²) in [6, 6.07) is 5.98. The number of hydrogen-bond donors (Lipinski definition) is 1. The van der Waals surface area contributed by atoms with Crippen LogP contribution in [0.3, 0.4) is 0 Å². The van der Waals surface area contributed by atoms with Gasteiger partial charge in [0.05, 0.1) is 26.2 Å². The minimum atomic E-state index is -0.0482. The van der Waals surface area contributed by atoms with Crippen LogP contribution in [0.15, 0.2) is 18.2 Å². The highest BCUT2D eigenvalue weighted by Crippen LogP contribution is 2.16. The maximum absolute atomic E-state index is 12.0. The second-order valence-corrected chi connectivity index (χ2v) is 5.02. The number of nitrogens with zero attached hydrogens (tertiary/aromatic N) is 1. The van der Waals surface area contributed by atoms with Crippen LogP contribution in [-0.4, -0.2) is 55.9 Å². The molecule has 0 bridgehead atoms. The van der Waals surface area contributed by atoms with Gasteiger partial charge >= 0.3 is 0 Å². The molecule has 0 radical (unpaired) electrons. The molecule has 0 unspecified atom stereocenters. The van der Waals surface area contributed by atoms with Crippen LogP contribution in [0.5, 0.6) is 5.75 Å². The number of aliphatic hydroxyl groups excluding tert-OH is 1. The Hall–Kier alpha value is -1.59. The standard InChI is InChI=1S/C16H25NO4/c1-13-10-14(2)12-15(11-13)21-8-4-16(19)17(5-7-18)6-9-20-3/h10-12,18H,4-9H2,1-3H3. The number of carbonyl (C=O) groups is 1. The summed E-state index contributed by atoms with van der Waals surface area (Å²) in [5.41, 5.74) is 2.27. The molecule has 0 aliphatic carbocycles. The van der Waals surface area contributed by atoms with Gasteiger partial charge in [0.1, 0.15) is 5.75 Å². The molecular weight excluding hydrogens is 270 g/mol. The van der Waals surface area contributed by atoms with Crippen molar-refractivity contribution in [3.8, 4) is 5.75 Å². The quantitative estimate of drug-likeness (QED) is 0.751. The largest absolute Gasteiger partial charge is 0.493 e. The molecule has 0 aliphatic rings. The third-order valence-electron chi connectivity index (χ3n) is 3.07. The van der Waals surface area contributed by atoms with E-state index >= 15 is 0 Å². The Bertz CT molecular complexity index is 428. The van der Waals surface area contributed by atoms with Gasteiger partial charge in [0.25, 0.3) is 0 Å². The van der Waals surface area contributed by atoms with Crippen molar-refractivity contribution in [2.75, 3.05) is 40.0 Å². The highest BCUT2D eigenvalue weighted by atomic mass is 16.5. The average Bonchev–Trinajstić information content (AvgIpc) is 2.42. The van der Waals surface area contributed by atoms with E-state index in [9.17, 15) is 4.79 Å². The lowest BCUT2D eigenvalue weighted by atomic mass is 10.1. The van der Waals surface area contributed by atoms with Crippen LogP contribution in [0.4, 0.5) is 0 Å². The van der Waals surface area contributed by atoms with E-state index in [4.69, 9.17) is 14.6 Å². The van der Waals surface area contributed by atoms with Crippen LogP contribution < -0.4 is 4.74 Å². The highest BCUT2D eigenvalue weighted by Gasteiger charge is 2.12. The Kier molecular flexibility index (Phi) is 7.79. The summed E-state index contributed by atoms with van der Waals surface area (Å²) >= 11 is 0. The Morgan fingerprint density at radius 1 is 1.14 bits per heavy atom. The fourth-order valence-corrected chi connectivity index (χ4v) is 2.11. The summed E-state index contributed by atoms with van der Waals surface area (Å²) in [7, 11) is 1.59. The van der Waals surface area contributed by atoms with Gasteiger partial charge in [-0.25, -0.2) is 0 Å². The fraction of sp³-hybridized carbons (Fsp3) is 0.562. The number of carbonyl (C=O) groups excluding carboxylic acids is 1. The number of aryl methyl sites for hydroxylation is 2. The topological polar surface area (TPSA) is 59.0 Å². The van der Waals surface area contributed by atoms with Crippen molar-refractivity contribution in [1.82, 2.24) is 4.90 Å². The van der Waals surface area contributed by atoms with E-state index in [1.807, 2.05) is 26.0 Å². The van der Waals surface area contributed by atoms with Crippen molar-refractivity contribution in [1.29, 1.82) is 0 Å². The second-order valence-electron chi connectivity index (χ2n) is 5.02. The first-order chi connectivity index (χ1) is 10.1. The first kappa shape index (κ1) is 17.5. The first-order valence-electron chi connectivity index (χ1n) is 7.15. The predicted octanol–water partition coefficient (Wildman–Crippen LogP) is 1.54. The number of ether oxygens (including phenoxy) is 2. The maximum atomic E-state index is 12.0. The van der Waals surface area contributed by atoms with E-state index in [2.05, 4.69) is 6.07 Å². The number of hydrogen-bond acceptors (Lipinski definition) is 4. The molecule has 0 fully saturated rings. The second kappa shape index (κ2) is 9.37. The summed E-state index contributed by atoms with van der Waals surface area (Å²) in [4.78, 5) is 13.6. The summed E-state index contributed by atoms with van der Waals surface area (Å²) in [6.45, 7) is 5.58. The molecule has 0 heterocycles. The maximum Gasteiger partial charge on any atom is 0.226 e. The van der Waals surface area contributed by atoms with Gasteiger partial charge < -0.3 is 19.5 Å². The SMILES string of the molecule is COCCN(CCO)C(=O)CCOc1cc(C)cc(C)c1. The van der Waals surface area contributed by atoms with Gasteiger partial charge in [0.2, 0.25) is 5.91 Å². The van der Waals surface area contributed by atoms with E-state index in [-0.39, 0.29) is 18.9 Å². The number of aliphatic hydroxyl groups is 1. The number of amides is 1. The average molecular weight is 295 g/mol. The normalized spacial score (nSPS) is 10.5. The van der Waals surface area contributed by atoms with Crippen molar-refractivity contribution < 1.29 is 19.4 Å². The monoisotopic (exact) mass is 295 g/mol. The van der Waals surface area contributed by atoms with Gasteiger partial charge in [-0.2, -0.15) is 0 Å². The van der Waals surface area contributed by atoms with Crippen LogP contribution in [0.25, 0.3) is 0 Å². The molecule has 5 heteroatoms. The van der Waals surface area contributed by atoms with Crippen molar-refractivity contribution in [3.63, 3.8) is 0 Å². The molecule has 1 aromatic carbocycles. The number of benzene rings is 1. The zero-order valence-corrected chi connectivity index (χ0v) is 13.1. The molecule has 1 amide bonds. The smallest absolute Gasteiger partial charge is 0.226 e. The molecule has 0 saturated heterocycles. The molecule has 5 nitrogen and oxygen atoms in total. The molecule has 1 N–H and O–H groups in total. The fourth-order valence-electron chi connectivity index (χ4n) is 2.11. The molecule has 1 aromatic rings. The summed E-state index contributed by atoms with van der Waals surface area (Å²) in [6.07, 6.45) is 0.288. The van der Waals surface area contributed by atoms with Crippen LogP contribution in [0.2, 0.25) is 0 Å². The lowest BCUT2D eigenvalue weighted by molar-refractivity contribution is -0.132. The van der Waals surface area contributed by atoms with Crippen LogP contribution in [0.1, 0.15) is 17.5 Å². The first-order valence-corrected chi connectivity index (χ1v) is 7.15. The van der Waals surface area contributed by atoms with Gasteiger partial charge in [-0.3, -0.25) is 4.79 Å². The van der Waals surface area contributed by atoms with E-state index in [1.165, 1.54) is 0 Å². The van der Waals surface area contributed by atoms with Crippen LogP contribution in [-0.2, 0) is 9.53 Å². The third-order valence-corrected chi connectivity index (χ3v) is 3.07. The van der Waals surface area contributed by atoms with E-state index in [1.54, 1.807) is 12.0 Å². The lowest BCUT2D eigenvalue weighted by Gasteiger charge is -2.21. The minimum Gasteiger partial charge on any atom is -0.493 e. The molecule has 0 saturated carbocycles. The molecule has 0 atom stereocenters. The molecule has 0 spiro atoms. The van der Waals surface area contributed by atoms with Gasteiger partial charge in [-0.15, -0.1) is 0 Å². The predicted molar refractivity (Wildman–Crippen MR) is 81.6 cm³/mol. The summed E-state index contributed by atoms with van der Waals surface area (Å²) < 4.78 is 10.6. The lowest BCUT2D eigenvalue weighted by Crippen LogP contribution is -2.36. The Morgan fingerprint density at radius 2 is 1.81 bits per heavy atom. The Balaban J connectivity index is 2.43. The van der Waals surface area contributed by atoms with Gasteiger partial charge in [0.15, 0.2) is 0 Å². The van der Waals surface area contributed by atoms with Gasteiger partial charge in [0, 0.05) is 20.2 Å². The zero-order valence-electron chi connectivity index (χ0n) is 13.1. The van der Waals surface area contributed by atoms with Crippen LogP contribution >= 0.6 is 0 Å². The number of rotatable bonds is 9. The van der Waals surface area contributed by atoms with Crippen molar-refractivity contribution in [3.05, 3.63) is 29.3 Å². The molecule has 1 rings (SSSR count). The Morgan fingerprint density at radius 3 is 2.38 bits per heavy atom. The van der Waals surface area contributed by atoms with Crippen molar-refractivity contribution in [2.24, 2.45) is 0 Å². The van der Waals surface area contributed by atoms with E-state index in [0.717, 1.165) is 16.9 Å². The molecule has 118 valence electrons. The van der Waals surface area contributed by atoms with Crippen LogP contribution in [0, 0.1) is 13.8 Å². The van der Waals surface area contributed by atoms with E-state index < -0.39 is 0 Å². The highest BCUT2D eigenvalue weighted by molar-refractivity contribution is 5.76. The number of methoxy groups -OCH3 is 1. The molecule has 0 aromatic heterocycles.